The molecular formula is C23H21FN6OS2. The number of imidazole rings is 1. The van der Waals surface area contributed by atoms with Gasteiger partial charge in [-0.3, -0.25) is 4.90 Å². The minimum absolute atomic E-state index is 0.248. The van der Waals surface area contributed by atoms with E-state index in [4.69, 9.17) is 14.5 Å². The van der Waals surface area contributed by atoms with Gasteiger partial charge >= 0.3 is 0 Å². The Morgan fingerprint density at radius 1 is 1.03 bits per heavy atom. The zero-order valence-electron chi connectivity index (χ0n) is 17.9. The van der Waals surface area contributed by atoms with Gasteiger partial charge in [-0.15, -0.1) is 16.4 Å². The van der Waals surface area contributed by atoms with Gasteiger partial charge in [0.15, 0.2) is 10.8 Å². The summed E-state index contributed by atoms with van der Waals surface area (Å²) in [5.74, 6) is 1.49. The molecule has 0 aliphatic carbocycles. The Hall–Kier alpha value is -3.08. The number of hydrogen-bond donors (Lipinski definition) is 0. The SMILES string of the molecule is Cc1ccc(-c2nc(CN3CCN(c4nn5cc(-c6ccc(F)cc6)nc5s4)CC3)cs2)o1. The Labute approximate surface area is 197 Å². The summed E-state index contributed by atoms with van der Waals surface area (Å²) in [5.41, 5.74) is 2.77. The van der Waals surface area contributed by atoms with Crippen molar-refractivity contribution in [3.63, 3.8) is 0 Å². The van der Waals surface area contributed by atoms with E-state index < -0.39 is 0 Å². The fourth-order valence-electron chi connectivity index (χ4n) is 3.95. The van der Waals surface area contributed by atoms with Crippen molar-refractivity contribution in [2.24, 2.45) is 0 Å². The number of hydrogen-bond acceptors (Lipinski definition) is 8. The molecular weight excluding hydrogens is 459 g/mol. The van der Waals surface area contributed by atoms with Gasteiger partial charge in [-0.05, 0) is 43.3 Å². The van der Waals surface area contributed by atoms with Crippen molar-refractivity contribution in [1.82, 2.24) is 24.5 Å². The maximum Gasteiger partial charge on any atom is 0.214 e. The van der Waals surface area contributed by atoms with Gasteiger partial charge in [-0.1, -0.05) is 11.3 Å². The lowest BCUT2D eigenvalue weighted by molar-refractivity contribution is 0.247. The molecule has 0 atom stereocenters. The fourth-order valence-corrected chi connectivity index (χ4v) is 5.65. The van der Waals surface area contributed by atoms with Gasteiger partial charge < -0.3 is 9.32 Å². The van der Waals surface area contributed by atoms with Crippen molar-refractivity contribution in [3.05, 3.63) is 65.2 Å². The van der Waals surface area contributed by atoms with Crippen molar-refractivity contribution >= 4 is 32.8 Å². The van der Waals surface area contributed by atoms with Crippen LogP contribution in [0.2, 0.25) is 0 Å². The number of furan rings is 1. The van der Waals surface area contributed by atoms with Gasteiger partial charge in [0, 0.05) is 43.7 Å². The van der Waals surface area contributed by atoms with Crippen LogP contribution in [0, 0.1) is 12.7 Å². The third kappa shape index (κ3) is 4.17. The molecule has 1 aromatic carbocycles. The summed E-state index contributed by atoms with van der Waals surface area (Å²) < 4.78 is 20.7. The number of aryl methyl sites for hydroxylation is 1. The lowest BCUT2D eigenvalue weighted by Crippen LogP contribution is -2.46. The molecule has 10 heteroatoms. The molecule has 0 radical (unpaired) electrons. The van der Waals surface area contributed by atoms with E-state index in [0.29, 0.717) is 0 Å². The minimum Gasteiger partial charge on any atom is -0.459 e. The number of piperazine rings is 1. The molecule has 0 spiro atoms. The van der Waals surface area contributed by atoms with E-state index in [0.717, 1.165) is 76.3 Å². The molecule has 33 heavy (non-hydrogen) atoms. The average molecular weight is 481 g/mol. The molecule has 1 fully saturated rings. The second kappa shape index (κ2) is 8.36. The number of aromatic nitrogens is 4. The highest BCUT2D eigenvalue weighted by Crippen LogP contribution is 2.29. The first-order valence-corrected chi connectivity index (χ1v) is 12.4. The molecule has 1 aliphatic rings. The van der Waals surface area contributed by atoms with Crippen LogP contribution in [0.25, 0.3) is 27.0 Å². The Kier molecular flexibility index (Phi) is 5.20. The lowest BCUT2D eigenvalue weighted by Gasteiger charge is -2.33. The zero-order valence-corrected chi connectivity index (χ0v) is 19.6. The van der Waals surface area contributed by atoms with E-state index in [1.165, 1.54) is 12.1 Å². The number of rotatable bonds is 5. The first-order chi connectivity index (χ1) is 16.1. The van der Waals surface area contributed by atoms with Crippen LogP contribution < -0.4 is 4.90 Å². The van der Waals surface area contributed by atoms with Crippen LogP contribution in [0.15, 0.2) is 52.4 Å². The fraction of sp³-hybridized carbons (Fsp3) is 0.261. The standard InChI is InChI=1S/C23H21FN6OS2/c1-15-2-7-20(31-15)21-25-18(14-32-21)12-28-8-10-29(11-9-28)23-27-30-13-19(26-22(30)33-23)16-3-5-17(24)6-4-16/h2-7,13-14H,8-12H2,1H3. The first kappa shape index (κ1) is 20.5. The molecule has 0 amide bonds. The quantitative estimate of drug-likeness (QED) is 0.355. The Morgan fingerprint density at radius 2 is 1.85 bits per heavy atom. The Balaban J connectivity index is 1.08. The number of halogens is 1. The third-order valence-corrected chi connectivity index (χ3v) is 7.59. The van der Waals surface area contributed by atoms with Crippen molar-refractivity contribution in [3.8, 4) is 22.0 Å². The van der Waals surface area contributed by atoms with Gasteiger partial charge in [0.2, 0.25) is 10.1 Å². The van der Waals surface area contributed by atoms with Crippen LogP contribution in [0.5, 0.6) is 0 Å². The normalized spacial score (nSPS) is 15.0. The van der Waals surface area contributed by atoms with Crippen LogP contribution in [0.1, 0.15) is 11.5 Å². The second-order valence-electron chi connectivity index (χ2n) is 8.06. The zero-order chi connectivity index (χ0) is 22.4. The maximum atomic E-state index is 13.2. The number of benzene rings is 1. The average Bonchev–Trinajstić information content (AvgIpc) is 3.59. The number of thiazole rings is 1. The first-order valence-electron chi connectivity index (χ1n) is 10.7. The van der Waals surface area contributed by atoms with Gasteiger partial charge in [0.1, 0.15) is 11.6 Å². The summed E-state index contributed by atoms with van der Waals surface area (Å²) in [6, 6.07) is 10.3. The molecule has 0 N–H and O–H groups in total. The van der Waals surface area contributed by atoms with Crippen LogP contribution in [0.4, 0.5) is 9.52 Å². The van der Waals surface area contributed by atoms with Crippen molar-refractivity contribution < 1.29 is 8.81 Å². The highest BCUT2D eigenvalue weighted by molar-refractivity contribution is 7.20. The molecule has 5 heterocycles. The van der Waals surface area contributed by atoms with E-state index in [2.05, 4.69) is 20.2 Å². The van der Waals surface area contributed by atoms with Gasteiger partial charge in [-0.25, -0.2) is 18.9 Å². The molecule has 0 saturated carbocycles. The van der Waals surface area contributed by atoms with Gasteiger partial charge in [0.05, 0.1) is 17.6 Å². The molecule has 7 nitrogen and oxygen atoms in total. The van der Waals surface area contributed by atoms with Crippen molar-refractivity contribution in [2.45, 2.75) is 13.5 Å². The molecule has 0 unspecified atom stereocenters. The predicted octanol–water partition coefficient (Wildman–Crippen LogP) is 4.94. The van der Waals surface area contributed by atoms with Crippen LogP contribution in [0.3, 0.4) is 0 Å². The molecule has 0 bridgehead atoms. The van der Waals surface area contributed by atoms with E-state index in [1.807, 2.05) is 29.8 Å². The summed E-state index contributed by atoms with van der Waals surface area (Å²) in [6.07, 6.45) is 1.90. The van der Waals surface area contributed by atoms with Crippen molar-refractivity contribution in [2.75, 3.05) is 31.1 Å². The molecule has 1 saturated heterocycles. The minimum atomic E-state index is -0.248. The van der Waals surface area contributed by atoms with E-state index >= 15 is 0 Å². The van der Waals surface area contributed by atoms with E-state index in [-0.39, 0.29) is 5.82 Å². The van der Waals surface area contributed by atoms with E-state index in [1.54, 1.807) is 34.8 Å². The van der Waals surface area contributed by atoms with Gasteiger partial charge in [0.25, 0.3) is 0 Å². The molecule has 1 aliphatic heterocycles. The summed E-state index contributed by atoms with van der Waals surface area (Å²) in [6.45, 7) is 6.52. The second-order valence-corrected chi connectivity index (χ2v) is 9.85. The van der Waals surface area contributed by atoms with Gasteiger partial charge in [-0.2, -0.15) is 0 Å². The molecule has 4 aromatic heterocycles. The molecule has 168 valence electrons. The van der Waals surface area contributed by atoms with Crippen LogP contribution >= 0.6 is 22.7 Å². The highest BCUT2D eigenvalue weighted by Gasteiger charge is 2.22. The Morgan fingerprint density at radius 3 is 2.58 bits per heavy atom. The van der Waals surface area contributed by atoms with Crippen LogP contribution in [-0.4, -0.2) is 50.7 Å². The molecule has 5 aromatic rings. The van der Waals surface area contributed by atoms with E-state index in [9.17, 15) is 4.39 Å². The monoisotopic (exact) mass is 480 g/mol. The maximum absolute atomic E-state index is 13.2. The van der Waals surface area contributed by atoms with Crippen LogP contribution in [-0.2, 0) is 6.54 Å². The summed E-state index contributed by atoms with van der Waals surface area (Å²) in [5, 5.41) is 8.76. The summed E-state index contributed by atoms with van der Waals surface area (Å²) >= 11 is 3.21. The number of anilines is 1. The smallest absolute Gasteiger partial charge is 0.214 e. The Bertz CT molecular complexity index is 1360. The predicted molar refractivity (Wildman–Crippen MR) is 128 cm³/mol. The largest absolute Gasteiger partial charge is 0.459 e. The summed E-state index contributed by atoms with van der Waals surface area (Å²) in [4.78, 5) is 15.0. The topological polar surface area (TPSA) is 62.7 Å². The van der Waals surface area contributed by atoms with Crippen molar-refractivity contribution in [1.29, 1.82) is 0 Å². The molecule has 6 rings (SSSR count). The number of nitrogens with zero attached hydrogens (tertiary/aromatic N) is 6. The third-order valence-electron chi connectivity index (χ3n) is 5.70. The lowest BCUT2D eigenvalue weighted by atomic mass is 10.2. The number of fused-ring (bicyclic) bond motifs is 1. The summed E-state index contributed by atoms with van der Waals surface area (Å²) in [7, 11) is 0. The highest BCUT2D eigenvalue weighted by atomic mass is 32.1.